The molecular formula is C15H27N3O. The van der Waals surface area contributed by atoms with Gasteiger partial charge in [-0.05, 0) is 51.6 Å². The molecule has 0 aliphatic carbocycles. The monoisotopic (exact) mass is 265 g/mol. The molecule has 2 N–H and O–H groups in total. The first-order valence-corrected chi connectivity index (χ1v) is 7.99. The summed E-state index contributed by atoms with van der Waals surface area (Å²) >= 11 is 0. The van der Waals surface area contributed by atoms with Gasteiger partial charge in [-0.1, -0.05) is 6.92 Å². The van der Waals surface area contributed by atoms with Crippen LogP contribution >= 0.6 is 0 Å². The van der Waals surface area contributed by atoms with Crippen LogP contribution in [0.1, 0.15) is 45.4 Å². The summed E-state index contributed by atoms with van der Waals surface area (Å²) in [6.07, 6.45) is 6.92. The molecule has 3 saturated heterocycles. The molecule has 108 valence electrons. The van der Waals surface area contributed by atoms with Crippen LogP contribution in [-0.2, 0) is 4.79 Å². The quantitative estimate of drug-likeness (QED) is 0.804. The predicted molar refractivity (Wildman–Crippen MR) is 76.0 cm³/mol. The number of hydrogen-bond donors (Lipinski definition) is 2. The minimum atomic E-state index is -0.132. The van der Waals surface area contributed by atoms with Crippen molar-refractivity contribution < 1.29 is 4.79 Å². The second kappa shape index (κ2) is 5.41. The predicted octanol–water partition coefficient (Wildman–Crippen LogP) is 1.12. The summed E-state index contributed by atoms with van der Waals surface area (Å²) in [6.45, 7) is 6.44. The van der Waals surface area contributed by atoms with Crippen molar-refractivity contribution in [3.63, 3.8) is 0 Å². The highest BCUT2D eigenvalue weighted by molar-refractivity contribution is 5.83. The third-order valence-corrected chi connectivity index (χ3v) is 5.56. The summed E-state index contributed by atoms with van der Waals surface area (Å²) in [7, 11) is 0. The molecule has 19 heavy (non-hydrogen) atoms. The second-order valence-corrected chi connectivity index (χ2v) is 6.59. The zero-order valence-electron chi connectivity index (χ0n) is 12.1. The number of hydrogen-bond acceptors (Lipinski definition) is 3. The first-order valence-electron chi connectivity index (χ1n) is 7.99. The highest BCUT2D eigenvalue weighted by Gasteiger charge is 2.41. The van der Waals surface area contributed by atoms with Crippen LogP contribution in [0.2, 0.25) is 0 Å². The molecule has 4 heteroatoms. The Morgan fingerprint density at radius 3 is 3.05 bits per heavy atom. The Morgan fingerprint density at radius 2 is 2.32 bits per heavy atom. The van der Waals surface area contributed by atoms with E-state index in [1.54, 1.807) is 0 Å². The number of amides is 1. The van der Waals surface area contributed by atoms with Crippen molar-refractivity contribution in [3.05, 3.63) is 0 Å². The van der Waals surface area contributed by atoms with Gasteiger partial charge in [0.2, 0.25) is 5.91 Å². The summed E-state index contributed by atoms with van der Waals surface area (Å²) in [5.41, 5.74) is -0.132. The van der Waals surface area contributed by atoms with Crippen molar-refractivity contribution in [2.45, 2.75) is 57.5 Å². The number of rotatable bonds is 3. The lowest BCUT2D eigenvalue weighted by atomic mass is 9.82. The van der Waals surface area contributed by atoms with Gasteiger partial charge in [-0.2, -0.15) is 0 Å². The van der Waals surface area contributed by atoms with Crippen LogP contribution in [0.15, 0.2) is 0 Å². The molecule has 3 rings (SSSR count). The average Bonchev–Trinajstić information content (AvgIpc) is 3.07. The number of nitrogens with one attached hydrogen (secondary N) is 2. The summed E-state index contributed by atoms with van der Waals surface area (Å²) in [5.74, 6) is 0.302. The van der Waals surface area contributed by atoms with E-state index in [4.69, 9.17) is 0 Å². The summed E-state index contributed by atoms with van der Waals surface area (Å²) in [5, 5.41) is 6.71. The molecule has 3 fully saturated rings. The fraction of sp³-hybridized carbons (Fsp3) is 0.933. The minimum Gasteiger partial charge on any atom is -0.353 e. The fourth-order valence-electron chi connectivity index (χ4n) is 4.09. The van der Waals surface area contributed by atoms with Crippen LogP contribution in [-0.4, -0.2) is 49.1 Å². The molecule has 3 heterocycles. The van der Waals surface area contributed by atoms with Gasteiger partial charge in [0.25, 0.3) is 0 Å². The molecule has 0 aromatic rings. The van der Waals surface area contributed by atoms with Gasteiger partial charge in [-0.15, -0.1) is 0 Å². The van der Waals surface area contributed by atoms with Crippen molar-refractivity contribution in [1.82, 2.24) is 15.5 Å². The molecule has 0 aromatic heterocycles. The lowest BCUT2D eigenvalue weighted by Gasteiger charge is -2.37. The van der Waals surface area contributed by atoms with Crippen LogP contribution in [0.4, 0.5) is 0 Å². The molecule has 3 atom stereocenters. The van der Waals surface area contributed by atoms with Gasteiger partial charge >= 0.3 is 0 Å². The molecule has 1 amide bonds. The first-order chi connectivity index (χ1) is 9.23. The van der Waals surface area contributed by atoms with Gasteiger partial charge in [0.15, 0.2) is 0 Å². The lowest BCUT2D eigenvalue weighted by molar-refractivity contribution is -0.131. The zero-order valence-corrected chi connectivity index (χ0v) is 12.1. The van der Waals surface area contributed by atoms with Gasteiger partial charge in [-0.25, -0.2) is 0 Å². The number of carbonyl (C=O) groups is 1. The van der Waals surface area contributed by atoms with Gasteiger partial charge in [0.05, 0.1) is 5.41 Å². The summed E-state index contributed by atoms with van der Waals surface area (Å²) in [4.78, 5) is 15.2. The Balaban J connectivity index is 1.57. The van der Waals surface area contributed by atoms with E-state index in [2.05, 4.69) is 22.5 Å². The zero-order chi connectivity index (χ0) is 13.3. The van der Waals surface area contributed by atoms with Crippen LogP contribution in [0.5, 0.6) is 0 Å². The van der Waals surface area contributed by atoms with E-state index >= 15 is 0 Å². The number of carbonyl (C=O) groups excluding carboxylic acids is 1. The Labute approximate surface area is 116 Å². The average molecular weight is 265 g/mol. The SMILES string of the molecule is CCC1(C(=O)NC2CCN3CCCC3C2)CCNC1. The van der Waals surface area contributed by atoms with Crippen LogP contribution < -0.4 is 10.6 Å². The largest absolute Gasteiger partial charge is 0.353 e. The molecule has 0 saturated carbocycles. The maximum absolute atomic E-state index is 12.6. The maximum Gasteiger partial charge on any atom is 0.227 e. The lowest BCUT2D eigenvalue weighted by Crippen LogP contribution is -2.51. The highest BCUT2D eigenvalue weighted by Crippen LogP contribution is 2.31. The number of piperidine rings is 1. The van der Waals surface area contributed by atoms with E-state index in [9.17, 15) is 4.79 Å². The molecule has 0 aromatic carbocycles. The van der Waals surface area contributed by atoms with E-state index in [1.807, 2.05) is 0 Å². The van der Waals surface area contributed by atoms with Crippen molar-refractivity contribution in [2.24, 2.45) is 5.41 Å². The molecule has 0 bridgehead atoms. The van der Waals surface area contributed by atoms with Gasteiger partial charge in [0, 0.05) is 25.2 Å². The summed E-state index contributed by atoms with van der Waals surface area (Å²) < 4.78 is 0. The molecule has 0 radical (unpaired) electrons. The van der Waals surface area contributed by atoms with Gasteiger partial charge in [0.1, 0.15) is 0 Å². The first kappa shape index (κ1) is 13.4. The Hall–Kier alpha value is -0.610. The van der Waals surface area contributed by atoms with E-state index in [0.717, 1.165) is 38.4 Å². The number of fused-ring (bicyclic) bond motifs is 1. The smallest absolute Gasteiger partial charge is 0.227 e. The molecule has 0 spiro atoms. The Morgan fingerprint density at radius 1 is 1.42 bits per heavy atom. The molecule has 3 aliphatic rings. The van der Waals surface area contributed by atoms with Gasteiger partial charge < -0.3 is 15.5 Å². The Kier molecular flexibility index (Phi) is 3.81. The van der Waals surface area contributed by atoms with E-state index in [-0.39, 0.29) is 5.41 Å². The highest BCUT2D eigenvalue weighted by atomic mass is 16.2. The number of nitrogens with zero attached hydrogens (tertiary/aromatic N) is 1. The topological polar surface area (TPSA) is 44.4 Å². The van der Waals surface area contributed by atoms with Crippen molar-refractivity contribution >= 4 is 5.91 Å². The normalized spacial score (nSPS) is 39.2. The van der Waals surface area contributed by atoms with E-state index in [0.29, 0.717) is 11.9 Å². The van der Waals surface area contributed by atoms with Gasteiger partial charge in [-0.3, -0.25) is 4.79 Å². The molecule has 3 unspecified atom stereocenters. The summed E-state index contributed by atoms with van der Waals surface area (Å²) in [6, 6.07) is 1.15. The standard InChI is InChI=1S/C15H27N3O/c1-2-15(6-7-16-11-15)14(19)17-12-5-9-18-8-3-4-13(18)10-12/h12-13,16H,2-11H2,1H3,(H,17,19). The van der Waals surface area contributed by atoms with Crippen molar-refractivity contribution in [3.8, 4) is 0 Å². The van der Waals surface area contributed by atoms with Crippen LogP contribution in [0, 0.1) is 5.41 Å². The maximum atomic E-state index is 12.6. The second-order valence-electron chi connectivity index (χ2n) is 6.59. The van der Waals surface area contributed by atoms with Crippen molar-refractivity contribution in [1.29, 1.82) is 0 Å². The van der Waals surface area contributed by atoms with E-state index < -0.39 is 0 Å². The third-order valence-electron chi connectivity index (χ3n) is 5.56. The fourth-order valence-corrected chi connectivity index (χ4v) is 4.09. The van der Waals surface area contributed by atoms with Crippen molar-refractivity contribution in [2.75, 3.05) is 26.2 Å². The molecule has 4 nitrogen and oxygen atoms in total. The van der Waals surface area contributed by atoms with E-state index in [1.165, 1.54) is 32.4 Å². The Bertz CT molecular complexity index is 338. The van der Waals surface area contributed by atoms with Crippen LogP contribution in [0.25, 0.3) is 0 Å². The molecule has 3 aliphatic heterocycles. The minimum absolute atomic E-state index is 0.132. The molecular weight excluding hydrogens is 238 g/mol. The third kappa shape index (κ3) is 2.52. The van der Waals surface area contributed by atoms with Crippen LogP contribution in [0.3, 0.4) is 0 Å².